The SMILES string of the molecule is [C-]#[N+]c1ccc(C2(O)CCC(=O)CC2)cc1. The monoisotopic (exact) mass is 215 g/mol. The molecule has 0 spiro atoms. The van der Waals surface area contributed by atoms with Crippen LogP contribution < -0.4 is 0 Å². The normalized spacial score (nSPS) is 19.1. The standard InChI is InChI=1S/C13H13NO2/c1-14-11-4-2-10(3-5-11)13(16)8-6-12(15)7-9-13/h2-5,16H,6-9H2. The molecule has 1 aromatic carbocycles. The van der Waals surface area contributed by atoms with Crippen LogP contribution in [0.4, 0.5) is 5.69 Å². The predicted octanol–water partition coefficient (Wildman–Crippen LogP) is 2.57. The topological polar surface area (TPSA) is 41.7 Å². The maximum atomic E-state index is 11.1. The molecule has 16 heavy (non-hydrogen) atoms. The number of hydrogen-bond donors (Lipinski definition) is 1. The van der Waals surface area contributed by atoms with Crippen molar-refractivity contribution < 1.29 is 9.90 Å². The maximum absolute atomic E-state index is 11.1. The number of nitrogens with zero attached hydrogens (tertiary/aromatic N) is 1. The van der Waals surface area contributed by atoms with E-state index in [0.717, 1.165) is 5.56 Å². The number of benzene rings is 1. The van der Waals surface area contributed by atoms with E-state index >= 15 is 0 Å². The van der Waals surface area contributed by atoms with Gasteiger partial charge < -0.3 is 5.11 Å². The third-order valence-corrected chi connectivity index (χ3v) is 3.17. The maximum Gasteiger partial charge on any atom is 0.187 e. The van der Waals surface area contributed by atoms with Gasteiger partial charge in [0, 0.05) is 12.8 Å². The second-order valence-corrected chi connectivity index (χ2v) is 4.23. The molecular weight excluding hydrogens is 202 g/mol. The summed E-state index contributed by atoms with van der Waals surface area (Å²) in [6.07, 6.45) is 1.87. The molecule has 2 rings (SSSR count). The van der Waals surface area contributed by atoms with Gasteiger partial charge in [-0.3, -0.25) is 4.79 Å². The van der Waals surface area contributed by atoms with E-state index in [2.05, 4.69) is 4.85 Å². The Balaban J connectivity index is 2.23. The van der Waals surface area contributed by atoms with Crippen LogP contribution in [0.15, 0.2) is 24.3 Å². The summed E-state index contributed by atoms with van der Waals surface area (Å²) >= 11 is 0. The summed E-state index contributed by atoms with van der Waals surface area (Å²) in [5, 5.41) is 10.4. The Morgan fingerprint density at radius 2 is 1.75 bits per heavy atom. The fourth-order valence-corrected chi connectivity index (χ4v) is 2.08. The van der Waals surface area contributed by atoms with Crippen LogP contribution >= 0.6 is 0 Å². The summed E-state index contributed by atoms with van der Waals surface area (Å²) in [6.45, 7) is 6.85. The smallest absolute Gasteiger partial charge is 0.187 e. The van der Waals surface area contributed by atoms with Gasteiger partial charge in [0.15, 0.2) is 5.69 Å². The highest BCUT2D eigenvalue weighted by Gasteiger charge is 2.33. The molecule has 1 saturated carbocycles. The second kappa shape index (κ2) is 4.07. The quantitative estimate of drug-likeness (QED) is 0.731. The van der Waals surface area contributed by atoms with Crippen LogP contribution in [-0.2, 0) is 10.4 Å². The molecule has 0 atom stereocenters. The van der Waals surface area contributed by atoms with Crippen molar-refractivity contribution in [1.82, 2.24) is 0 Å². The van der Waals surface area contributed by atoms with E-state index in [4.69, 9.17) is 6.57 Å². The molecule has 3 nitrogen and oxygen atoms in total. The number of carbonyl (C=O) groups excluding carboxylic acids is 1. The van der Waals surface area contributed by atoms with Crippen LogP contribution in [0.5, 0.6) is 0 Å². The lowest BCUT2D eigenvalue weighted by molar-refractivity contribution is -0.125. The molecule has 3 heteroatoms. The van der Waals surface area contributed by atoms with Crippen LogP contribution in [0, 0.1) is 6.57 Å². The van der Waals surface area contributed by atoms with Crippen LogP contribution in [0.1, 0.15) is 31.2 Å². The van der Waals surface area contributed by atoms with Crippen LogP contribution in [0.3, 0.4) is 0 Å². The van der Waals surface area contributed by atoms with Gasteiger partial charge in [0.2, 0.25) is 0 Å². The number of ketones is 1. The lowest BCUT2D eigenvalue weighted by Gasteiger charge is -2.32. The molecule has 82 valence electrons. The molecule has 0 amide bonds. The van der Waals surface area contributed by atoms with E-state index in [-0.39, 0.29) is 5.78 Å². The zero-order chi connectivity index (χ0) is 11.6. The molecule has 0 saturated heterocycles. The lowest BCUT2D eigenvalue weighted by Crippen LogP contribution is -2.31. The van der Waals surface area contributed by atoms with Crippen molar-refractivity contribution in [3.05, 3.63) is 41.2 Å². The highest BCUT2D eigenvalue weighted by atomic mass is 16.3. The van der Waals surface area contributed by atoms with E-state index < -0.39 is 5.60 Å². The minimum Gasteiger partial charge on any atom is -0.385 e. The van der Waals surface area contributed by atoms with E-state index in [9.17, 15) is 9.90 Å². The highest BCUT2D eigenvalue weighted by Crippen LogP contribution is 2.36. The third kappa shape index (κ3) is 1.98. The summed E-state index contributed by atoms with van der Waals surface area (Å²) in [7, 11) is 0. The molecule has 0 radical (unpaired) electrons. The summed E-state index contributed by atoms with van der Waals surface area (Å²) in [5.74, 6) is 0.224. The van der Waals surface area contributed by atoms with Crippen molar-refractivity contribution >= 4 is 11.5 Å². The average Bonchev–Trinajstić information content (AvgIpc) is 2.33. The Bertz CT molecular complexity index is 432. The van der Waals surface area contributed by atoms with Crippen molar-refractivity contribution in [2.24, 2.45) is 0 Å². The van der Waals surface area contributed by atoms with E-state index in [1.54, 1.807) is 24.3 Å². The second-order valence-electron chi connectivity index (χ2n) is 4.23. The molecule has 0 unspecified atom stereocenters. The molecule has 1 fully saturated rings. The molecule has 0 aromatic heterocycles. The Labute approximate surface area is 94.5 Å². The van der Waals surface area contributed by atoms with Gasteiger partial charge in [-0.15, -0.1) is 0 Å². The number of carbonyl (C=O) groups is 1. The fraction of sp³-hybridized carbons (Fsp3) is 0.385. The van der Waals surface area contributed by atoms with Gasteiger partial charge in [0.25, 0.3) is 0 Å². The fourth-order valence-electron chi connectivity index (χ4n) is 2.08. The zero-order valence-corrected chi connectivity index (χ0v) is 8.94. The first-order valence-electron chi connectivity index (χ1n) is 5.36. The van der Waals surface area contributed by atoms with Crippen molar-refractivity contribution in [1.29, 1.82) is 0 Å². The van der Waals surface area contributed by atoms with E-state index in [1.165, 1.54) is 0 Å². The Morgan fingerprint density at radius 3 is 2.25 bits per heavy atom. The number of rotatable bonds is 1. The van der Waals surface area contributed by atoms with E-state index in [0.29, 0.717) is 31.4 Å². The van der Waals surface area contributed by atoms with Crippen molar-refractivity contribution in [2.75, 3.05) is 0 Å². The largest absolute Gasteiger partial charge is 0.385 e. The van der Waals surface area contributed by atoms with Crippen LogP contribution in [0.2, 0.25) is 0 Å². The van der Waals surface area contributed by atoms with Gasteiger partial charge in [-0.05, 0) is 18.4 Å². The molecule has 1 aliphatic carbocycles. The third-order valence-electron chi connectivity index (χ3n) is 3.17. The Morgan fingerprint density at radius 1 is 1.19 bits per heavy atom. The first-order valence-corrected chi connectivity index (χ1v) is 5.36. The molecule has 0 aliphatic heterocycles. The first-order chi connectivity index (χ1) is 7.64. The summed E-state index contributed by atoms with van der Waals surface area (Å²) in [6, 6.07) is 6.97. The predicted molar refractivity (Wildman–Crippen MR) is 60.1 cm³/mol. The number of Topliss-reactive ketones (excluding diaryl/α,β-unsaturated/α-hetero) is 1. The Kier molecular flexibility index (Phi) is 2.76. The Hall–Kier alpha value is -1.66. The molecular formula is C13H13NO2. The van der Waals surface area contributed by atoms with Gasteiger partial charge in [-0.25, -0.2) is 4.85 Å². The molecule has 1 aliphatic rings. The summed E-state index contributed by atoms with van der Waals surface area (Å²) in [5.41, 5.74) is 0.501. The van der Waals surface area contributed by atoms with Gasteiger partial charge >= 0.3 is 0 Å². The minimum absolute atomic E-state index is 0.224. The van der Waals surface area contributed by atoms with Gasteiger partial charge in [0.1, 0.15) is 5.78 Å². The number of hydrogen-bond acceptors (Lipinski definition) is 2. The lowest BCUT2D eigenvalue weighted by atomic mass is 9.79. The summed E-state index contributed by atoms with van der Waals surface area (Å²) < 4.78 is 0. The van der Waals surface area contributed by atoms with Gasteiger partial charge in [-0.2, -0.15) is 0 Å². The molecule has 1 N–H and O–H groups in total. The minimum atomic E-state index is -0.880. The molecule has 0 heterocycles. The van der Waals surface area contributed by atoms with E-state index in [1.807, 2.05) is 0 Å². The van der Waals surface area contributed by atoms with Crippen LogP contribution in [0.25, 0.3) is 4.85 Å². The van der Waals surface area contributed by atoms with Gasteiger partial charge in [0.05, 0.1) is 12.2 Å². The van der Waals surface area contributed by atoms with Crippen LogP contribution in [-0.4, -0.2) is 10.9 Å². The summed E-state index contributed by atoms with van der Waals surface area (Å²) in [4.78, 5) is 14.4. The molecule has 1 aromatic rings. The van der Waals surface area contributed by atoms with Crippen molar-refractivity contribution in [3.63, 3.8) is 0 Å². The van der Waals surface area contributed by atoms with Crippen molar-refractivity contribution in [2.45, 2.75) is 31.3 Å². The zero-order valence-electron chi connectivity index (χ0n) is 8.94. The van der Waals surface area contributed by atoms with Gasteiger partial charge in [-0.1, -0.05) is 24.3 Å². The number of aliphatic hydroxyl groups is 1. The average molecular weight is 215 g/mol. The molecule has 0 bridgehead atoms. The van der Waals surface area contributed by atoms with Crippen molar-refractivity contribution in [3.8, 4) is 0 Å². The first kappa shape index (κ1) is 10.8. The highest BCUT2D eigenvalue weighted by molar-refractivity contribution is 5.79.